The monoisotopic (exact) mass is 339 g/mol. The number of hydrogen-bond donors (Lipinski definition) is 1. The molecule has 0 aliphatic rings. The van der Waals surface area contributed by atoms with Crippen LogP contribution in [0.25, 0.3) is 0 Å². The van der Waals surface area contributed by atoms with Crippen LogP contribution in [0.4, 0.5) is 4.39 Å². The molecule has 1 unspecified atom stereocenters. The lowest BCUT2D eigenvalue weighted by molar-refractivity contribution is 0.213. The highest BCUT2D eigenvalue weighted by Gasteiger charge is 2.12. The van der Waals surface area contributed by atoms with Crippen molar-refractivity contribution in [2.45, 2.75) is 6.10 Å². The van der Waals surface area contributed by atoms with Crippen LogP contribution in [0.3, 0.4) is 0 Å². The summed E-state index contributed by atoms with van der Waals surface area (Å²) < 4.78 is 24.5. The van der Waals surface area contributed by atoms with Crippen molar-refractivity contribution >= 4 is 15.9 Å². The fraction of sp³-hybridized carbons (Fsp3) is 0.200. The van der Waals surface area contributed by atoms with Gasteiger partial charge in [0.1, 0.15) is 23.4 Å². The van der Waals surface area contributed by atoms with Gasteiger partial charge in [-0.15, -0.1) is 0 Å². The van der Waals surface area contributed by atoms with Gasteiger partial charge in [0.15, 0.2) is 0 Å². The van der Waals surface area contributed by atoms with Crippen molar-refractivity contribution in [2.75, 3.05) is 13.7 Å². The zero-order chi connectivity index (χ0) is 14.5. The lowest BCUT2D eigenvalue weighted by Gasteiger charge is -2.18. The molecule has 2 N–H and O–H groups in total. The Morgan fingerprint density at radius 2 is 1.80 bits per heavy atom. The molecule has 106 valence electrons. The van der Waals surface area contributed by atoms with Gasteiger partial charge in [-0.2, -0.15) is 0 Å². The molecule has 0 heterocycles. The van der Waals surface area contributed by atoms with Crippen molar-refractivity contribution < 1.29 is 13.9 Å². The maximum atomic E-state index is 13.2. The van der Waals surface area contributed by atoms with Crippen LogP contribution in [0.2, 0.25) is 0 Å². The molecule has 0 aliphatic heterocycles. The molecule has 0 saturated heterocycles. The largest absolute Gasteiger partial charge is 0.497 e. The molecule has 2 rings (SSSR count). The molecular formula is C15H15BrFNO2. The average molecular weight is 340 g/mol. The van der Waals surface area contributed by atoms with Crippen molar-refractivity contribution in [2.24, 2.45) is 5.73 Å². The quantitative estimate of drug-likeness (QED) is 0.903. The Morgan fingerprint density at radius 3 is 2.35 bits per heavy atom. The third kappa shape index (κ3) is 3.49. The lowest BCUT2D eigenvalue weighted by atomic mass is 10.1. The number of methoxy groups -OCH3 is 1. The van der Waals surface area contributed by atoms with E-state index in [0.717, 1.165) is 11.3 Å². The summed E-state index contributed by atoms with van der Waals surface area (Å²) in [4.78, 5) is 0. The predicted octanol–water partition coefficient (Wildman–Crippen LogP) is 3.68. The Labute approximate surface area is 125 Å². The summed E-state index contributed by atoms with van der Waals surface area (Å²) in [5.41, 5.74) is 6.69. The van der Waals surface area contributed by atoms with E-state index in [2.05, 4.69) is 15.9 Å². The smallest absolute Gasteiger partial charge is 0.137 e. The lowest BCUT2D eigenvalue weighted by Crippen LogP contribution is -2.18. The van der Waals surface area contributed by atoms with Crippen LogP contribution in [0.15, 0.2) is 46.9 Å². The van der Waals surface area contributed by atoms with E-state index < -0.39 is 0 Å². The molecule has 2 aromatic rings. The Hall–Kier alpha value is -1.59. The molecule has 2 aromatic carbocycles. The van der Waals surface area contributed by atoms with E-state index in [4.69, 9.17) is 15.2 Å². The second kappa shape index (κ2) is 6.72. The second-order valence-electron chi connectivity index (χ2n) is 4.19. The molecule has 0 amide bonds. The van der Waals surface area contributed by atoms with Gasteiger partial charge in [-0.3, -0.25) is 0 Å². The van der Waals surface area contributed by atoms with Crippen LogP contribution < -0.4 is 15.2 Å². The highest BCUT2D eigenvalue weighted by atomic mass is 79.9. The van der Waals surface area contributed by atoms with Gasteiger partial charge in [-0.05, 0) is 51.8 Å². The fourth-order valence-electron chi connectivity index (χ4n) is 1.79. The van der Waals surface area contributed by atoms with Crippen LogP contribution in [0, 0.1) is 5.82 Å². The van der Waals surface area contributed by atoms with Gasteiger partial charge >= 0.3 is 0 Å². The molecule has 0 spiro atoms. The average Bonchev–Trinajstić information content (AvgIpc) is 2.48. The summed E-state index contributed by atoms with van der Waals surface area (Å²) in [6.45, 7) is 0.321. The van der Waals surface area contributed by atoms with Crippen LogP contribution >= 0.6 is 15.9 Å². The number of ether oxygens (including phenoxy) is 2. The van der Waals surface area contributed by atoms with Gasteiger partial charge in [0.05, 0.1) is 11.6 Å². The third-order valence-corrected chi connectivity index (χ3v) is 3.48. The van der Waals surface area contributed by atoms with E-state index >= 15 is 0 Å². The molecule has 0 bridgehead atoms. The minimum atomic E-state index is -0.328. The first kappa shape index (κ1) is 14.8. The Balaban J connectivity index is 2.16. The first-order chi connectivity index (χ1) is 9.63. The first-order valence-electron chi connectivity index (χ1n) is 6.09. The highest BCUT2D eigenvalue weighted by Crippen LogP contribution is 2.26. The van der Waals surface area contributed by atoms with Gasteiger partial charge < -0.3 is 15.2 Å². The Kier molecular flexibility index (Phi) is 4.98. The maximum Gasteiger partial charge on any atom is 0.137 e. The topological polar surface area (TPSA) is 44.5 Å². The number of nitrogens with two attached hydrogens (primary N) is 1. The number of halogens is 2. The van der Waals surface area contributed by atoms with Crippen molar-refractivity contribution in [3.8, 4) is 11.5 Å². The van der Waals surface area contributed by atoms with Crippen LogP contribution in [-0.2, 0) is 0 Å². The van der Waals surface area contributed by atoms with E-state index in [1.165, 1.54) is 6.07 Å². The number of rotatable bonds is 5. The molecule has 3 nitrogen and oxygen atoms in total. The van der Waals surface area contributed by atoms with Gasteiger partial charge in [0, 0.05) is 6.54 Å². The van der Waals surface area contributed by atoms with Crippen LogP contribution in [-0.4, -0.2) is 13.7 Å². The van der Waals surface area contributed by atoms with Crippen molar-refractivity contribution in [3.05, 3.63) is 58.3 Å². The van der Waals surface area contributed by atoms with Crippen molar-refractivity contribution in [1.82, 2.24) is 0 Å². The second-order valence-corrected chi connectivity index (χ2v) is 5.05. The summed E-state index contributed by atoms with van der Waals surface area (Å²) in [6, 6.07) is 12.0. The zero-order valence-electron chi connectivity index (χ0n) is 11.0. The van der Waals surface area contributed by atoms with Crippen LogP contribution in [0.5, 0.6) is 11.5 Å². The maximum absolute atomic E-state index is 13.2. The van der Waals surface area contributed by atoms with E-state index in [1.54, 1.807) is 19.2 Å². The number of hydrogen-bond acceptors (Lipinski definition) is 3. The summed E-state index contributed by atoms with van der Waals surface area (Å²) >= 11 is 3.13. The molecule has 0 saturated carbocycles. The summed E-state index contributed by atoms with van der Waals surface area (Å²) in [7, 11) is 1.61. The number of benzene rings is 2. The third-order valence-electron chi connectivity index (χ3n) is 2.87. The standard InChI is InChI=1S/C15H15BrFNO2/c1-19-11-4-2-10(3-5-11)15(9-18)20-12-6-7-14(17)13(16)8-12/h2-8,15H,9,18H2,1H3. The van der Waals surface area contributed by atoms with Crippen molar-refractivity contribution in [1.29, 1.82) is 0 Å². The minimum Gasteiger partial charge on any atom is -0.497 e. The van der Waals surface area contributed by atoms with E-state index in [-0.39, 0.29) is 11.9 Å². The predicted molar refractivity (Wildman–Crippen MR) is 79.5 cm³/mol. The SMILES string of the molecule is COc1ccc(C(CN)Oc2ccc(F)c(Br)c2)cc1. The zero-order valence-corrected chi connectivity index (χ0v) is 12.6. The molecule has 0 aromatic heterocycles. The summed E-state index contributed by atoms with van der Waals surface area (Å²) in [6.07, 6.45) is -0.293. The fourth-order valence-corrected chi connectivity index (χ4v) is 2.14. The highest BCUT2D eigenvalue weighted by molar-refractivity contribution is 9.10. The van der Waals surface area contributed by atoms with E-state index in [1.807, 2.05) is 24.3 Å². The van der Waals surface area contributed by atoms with Gasteiger partial charge in [-0.1, -0.05) is 12.1 Å². The molecule has 1 atom stereocenters. The molecule has 20 heavy (non-hydrogen) atoms. The van der Waals surface area contributed by atoms with E-state index in [0.29, 0.717) is 16.8 Å². The summed E-state index contributed by atoms with van der Waals surface area (Å²) in [5.74, 6) is 1.00. The summed E-state index contributed by atoms with van der Waals surface area (Å²) in [5, 5.41) is 0. The van der Waals surface area contributed by atoms with Gasteiger partial charge in [0.25, 0.3) is 0 Å². The van der Waals surface area contributed by atoms with Crippen LogP contribution in [0.1, 0.15) is 11.7 Å². The van der Waals surface area contributed by atoms with Gasteiger partial charge in [0.2, 0.25) is 0 Å². The normalized spacial score (nSPS) is 12.0. The Bertz CT molecular complexity index is 575. The minimum absolute atomic E-state index is 0.293. The molecule has 5 heteroatoms. The first-order valence-corrected chi connectivity index (χ1v) is 6.89. The Morgan fingerprint density at radius 1 is 1.15 bits per heavy atom. The molecule has 0 aliphatic carbocycles. The molecular weight excluding hydrogens is 325 g/mol. The molecule has 0 radical (unpaired) electrons. The van der Waals surface area contributed by atoms with Gasteiger partial charge in [-0.25, -0.2) is 4.39 Å². The van der Waals surface area contributed by atoms with Crippen molar-refractivity contribution in [3.63, 3.8) is 0 Å². The van der Waals surface area contributed by atoms with E-state index in [9.17, 15) is 4.39 Å². The molecule has 0 fully saturated rings.